The third-order valence-electron chi connectivity index (χ3n) is 2.58. The average Bonchev–Trinajstić information content (AvgIpc) is 2.27. The van der Waals surface area contributed by atoms with E-state index in [1.807, 2.05) is 12.1 Å². The van der Waals surface area contributed by atoms with E-state index in [0.29, 0.717) is 0 Å². The number of aryl methyl sites for hydroxylation is 1. The number of hydrogen-bond acceptors (Lipinski definition) is 2. The molecule has 3 heteroatoms. The highest BCUT2D eigenvalue weighted by Gasteiger charge is 2.15. The van der Waals surface area contributed by atoms with E-state index in [0.717, 1.165) is 24.8 Å². The summed E-state index contributed by atoms with van der Waals surface area (Å²) < 4.78 is 18.0. The molecule has 0 amide bonds. The third kappa shape index (κ3) is 2.92. The second-order valence-corrected chi connectivity index (χ2v) is 3.87. The van der Waals surface area contributed by atoms with Crippen LogP contribution < -0.4 is 0 Å². The lowest BCUT2D eigenvalue weighted by molar-refractivity contribution is -0.144. The summed E-state index contributed by atoms with van der Waals surface area (Å²) in [6, 6.07) is 6.51. The molecule has 1 aromatic rings. The van der Waals surface area contributed by atoms with Crippen molar-refractivity contribution in [3.05, 3.63) is 47.8 Å². The maximum absolute atomic E-state index is 12.9. The van der Waals surface area contributed by atoms with E-state index < -0.39 is 0 Å². The van der Waals surface area contributed by atoms with Gasteiger partial charge in [0.15, 0.2) is 0 Å². The van der Waals surface area contributed by atoms with E-state index in [2.05, 4.69) is 0 Å². The SMILES string of the molecule is O=C1C=CCC(CCc2cccc(F)c2)O1. The van der Waals surface area contributed by atoms with Crippen LogP contribution in [0.2, 0.25) is 0 Å². The molecule has 0 fully saturated rings. The number of carbonyl (C=O) groups is 1. The second kappa shape index (κ2) is 4.92. The molecule has 0 saturated heterocycles. The number of halogens is 1. The molecule has 1 aromatic carbocycles. The van der Waals surface area contributed by atoms with Crippen LogP contribution in [-0.2, 0) is 16.0 Å². The minimum absolute atomic E-state index is 0.0687. The fraction of sp³-hybridized carbons (Fsp3) is 0.308. The smallest absolute Gasteiger partial charge is 0.330 e. The molecule has 1 heterocycles. The normalized spacial score (nSPS) is 19.6. The molecule has 0 aromatic heterocycles. The molecule has 1 unspecified atom stereocenters. The number of benzene rings is 1. The second-order valence-electron chi connectivity index (χ2n) is 3.87. The Hall–Kier alpha value is -1.64. The van der Waals surface area contributed by atoms with Crippen molar-refractivity contribution in [3.63, 3.8) is 0 Å². The minimum Gasteiger partial charge on any atom is -0.459 e. The Kier molecular flexibility index (Phi) is 3.34. The van der Waals surface area contributed by atoms with Crippen molar-refractivity contribution in [2.75, 3.05) is 0 Å². The Bertz CT molecular complexity index is 412. The van der Waals surface area contributed by atoms with Crippen LogP contribution in [0.4, 0.5) is 4.39 Å². The van der Waals surface area contributed by atoms with E-state index in [1.54, 1.807) is 6.07 Å². The van der Waals surface area contributed by atoms with Gasteiger partial charge in [0, 0.05) is 12.5 Å². The monoisotopic (exact) mass is 220 g/mol. The van der Waals surface area contributed by atoms with Crippen molar-refractivity contribution in [2.45, 2.75) is 25.4 Å². The average molecular weight is 220 g/mol. The van der Waals surface area contributed by atoms with Crippen LogP contribution >= 0.6 is 0 Å². The number of ether oxygens (including phenoxy) is 1. The van der Waals surface area contributed by atoms with Crippen LogP contribution in [-0.4, -0.2) is 12.1 Å². The third-order valence-corrected chi connectivity index (χ3v) is 2.58. The first-order valence-electron chi connectivity index (χ1n) is 5.35. The summed E-state index contributed by atoms with van der Waals surface area (Å²) in [4.78, 5) is 11.0. The fourth-order valence-electron chi connectivity index (χ4n) is 1.76. The van der Waals surface area contributed by atoms with Gasteiger partial charge in [0.05, 0.1) is 0 Å². The zero-order chi connectivity index (χ0) is 11.4. The standard InChI is InChI=1S/C13H13FO2/c14-11-4-1-3-10(9-11)7-8-12-5-2-6-13(15)16-12/h1-4,6,9,12H,5,7-8H2. The molecule has 0 N–H and O–H groups in total. The van der Waals surface area contributed by atoms with Crippen LogP contribution in [0.5, 0.6) is 0 Å². The van der Waals surface area contributed by atoms with Gasteiger partial charge in [-0.3, -0.25) is 0 Å². The van der Waals surface area contributed by atoms with E-state index in [-0.39, 0.29) is 17.9 Å². The van der Waals surface area contributed by atoms with Crippen LogP contribution in [0.3, 0.4) is 0 Å². The van der Waals surface area contributed by atoms with Crippen molar-refractivity contribution >= 4 is 5.97 Å². The summed E-state index contributed by atoms with van der Waals surface area (Å²) in [5.74, 6) is -0.506. The predicted octanol–water partition coefficient (Wildman–Crippen LogP) is 2.63. The Morgan fingerprint density at radius 1 is 1.44 bits per heavy atom. The van der Waals surface area contributed by atoms with E-state index in [9.17, 15) is 9.18 Å². The first kappa shape index (κ1) is 10.9. The number of cyclic esters (lactones) is 1. The quantitative estimate of drug-likeness (QED) is 0.732. The molecule has 84 valence electrons. The molecule has 0 spiro atoms. The van der Waals surface area contributed by atoms with Gasteiger partial charge in [-0.25, -0.2) is 9.18 Å². The molecular formula is C13H13FO2. The maximum Gasteiger partial charge on any atom is 0.330 e. The molecule has 2 rings (SSSR count). The van der Waals surface area contributed by atoms with Crippen LogP contribution in [0.1, 0.15) is 18.4 Å². The summed E-state index contributed by atoms with van der Waals surface area (Å²) in [6.45, 7) is 0. The molecule has 0 bridgehead atoms. The van der Waals surface area contributed by atoms with E-state index >= 15 is 0 Å². The summed E-state index contributed by atoms with van der Waals surface area (Å²) in [7, 11) is 0. The lowest BCUT2D eigenvalue weighted by Crippen LogP contribution is -2.20. The minimum atomic E-state index is -0.282. The van der Waals surface area contributed by atoms with Gasteiger partial charge in [-0.2, -0.15) is 0 Å². The lowest BCUT2D eigenvalue weighted by atomic mass is 10.0. The van der Waals surface area contributed by atoms with Crippen molar-refractivity contribution in [2.24, 2.45) is 0 Å². The molecule has 1 atom stereocenters. The number of esters is 1. The van der Waals surface area contributed by atoms with Crippen LogP contribution in [0.15, 0.2) is 36.4 Å². The van der Waals surface area contributed by atoms with Gasteiger partial charge in [0.1, 0.15) is 11.9 Å². The van der Waals surface area contributed by atoms with Crippen molar-refractivity contribution in [3.8, 4) is 0 Å². The lowest BCUT2D eigenvalue weighted by Gasteiger charge is -2.18. The van der Waals surface area contributed by atoms with Crippen molar-refractivity contribution in [1.29, 1.82) is 0 Å². The zero-order valence-corrected chi connectivity index (χ0v) is 8.86. The molecule has 0 saturated carbocycles. The molecule has 16 heavy (non-hydrogen) atoms. The topological polar surface area (TPSA) is 26.3 Å². The van der Waals surface area contributed by atoms with E-state index in [1.165, 1.54) is 18.2 Å². The largest absolute Gasteiger partial charge is 0.459 e. The summed E-state index contributed by atoms with van der Waals surface area (Å²) in [6.07, 6.45) is 5.41. The van der Waals surface area contributed by atoms with Crippen LogP contribution in [0.25, 0.3) is 0 Å². The first-order chi connectivity index (χ1) is 7.74. The summed E-state index contributed by atoms with van der Waals surface area (Å²) >= 11 is 0. The van der Waals surface area contributed by atoms with Gasteiger partial charge in [-0.15, -0.1) is 0 Å². The van der Waals surface area contributed by atoms with Gasteiger partial charge in [-0.1, -0.05) is 18.2 Å². The fourth-order valence-corrected chi connectivity index (χ4v) is 1.76. The Labute approximate surface area is 93.7 Å². The van der Waals surface area contributed by atoms with Crippen LogP contribution in [0, 0.1) is 5.82 Å². The zero-order valence-electron chi connectivity index (χ0n) is 8.86. The first-order valence-corrected chi connectivity index (χ1v) is 5.35. The highest BCUT2D eigenvalue weighted by Crippen LogP contribution is 2.15. The Morgan fingerprint density at radius 3 is 3.06 bits per heavy atom. The molecular weight excluding hydrogens is 207 g/mol. The van der Waals surface area contributed by atoms with E-state index in [4.69, 9.17) is 4.74 Å². The molecule has 2 nitrogen and oxygen atoms in total. The number of hydrogen-bond donors (Lipinski definition) is 0. The highest BCUT2D eigenvalue weighted by atomic mass is 19.1. The van der Waals surface area contributed by atoms with Gasteiger partial charge in [0.25, 0.3) is 0 Å². The maximum atomic E-state index is 12.9. The van der Waals surface area contributed by atoms with Crippen molar-refractivity contribution in [1.82, 2.24) is 0 Å². The summed E-state index contributed by atoms with van der Waals surface area (Å²) in [5, 5.41) is 0. The van der Waals surface area contributed by atoms with Gasteiger partial charge in [0.2, 0.25) is 0 Å². The summed E-state index contributed by atoms with van der Waals surface area (Å²) in [5.41, 5.74) is 0.936. The Balaban J connectivity index is 1.88. The van der Waals surface area contributed by atoms with Gasteiger partial charge in [-0.05, 0) is 30.5 Å². The Morgan fingerprint density at radius 2 is 2.31 bits per heavy atom. The molecule has 0 aliphatic carbocycles. The molecule has 1 aliphatic heterocycles. The van der Waals surface area contributed by atoms with Gasteiger partial charge < -0.3 is 4.74 Å². The number of carbonyl (C=O) groups excluding carboxylic acids is 1. The predicted molar refractivity (Wildman–Crippen MR) is 58.4 cm³/mol. The number of rotatable bonds is 3. The molecule has 1 aliphatic rings. The highest BCUT2D eigenvalue weighted by molar-refractivity contribution is 5.82. The van der Waals surface area contributed by atoms with Crippen molar-refractivity contribution < 1.29 is 13.9 Å². The van der Waals surface area contributed by atoms with Gasteiger partial charge >= 0.3 is 5.97 Å². The molecule has 0 radical (unpaired) electrons.